The number of anilines is 1. The number of nitrogens with one attached hydrogen (secondary N) is 2. The van der Waals surface area contributed by atoms with Crippen molar-refractivity contribution in [2.24, 2.45) is 5.10 Å². The van der Waals surface area contributed by atoms with Gasteiger partial charge in [-0.25, -0.2) is 5.43 Å². The van der Waals surface area contributed by atoms with E-state index in [-0.39, 0.29) is 24.7 Å². The van der Waals surface area contributed by atoms with Gasteiger partial charge in [0.2, 0.25) is 11.8 Å². The molecule has 0 aliphatic heterocycles. The smallest absolute Gasteiger partial charge is 0.240 e. The van der Waals surface area contributed by atoms with Crippen molar-refractivity contribution in [3.63, 3.8) is 0 Å². The molecule has 0 unspecified atom stereocenters. The highest BCUT2D eigenvalue weighted by atomic mass is 79.9. The fraction of sp³-hybridized carbons (Fsp3) is 0.160. The number of ether oxygens (including phenoxy) is 1. The van der Waals surface area contributed by atoms with E-state index in [4.69, 9.17) is 16.3 Å². The van der Waals surface area contributed by atoms with E-state index in [9.17, 15) is 9.59 Å². The first-order chi connectivity index (χ1) is 15.9. The van der Waals surface area contributed by atoms with Crippen LogP contribution in [0.25, 0.3) is 0 Å². The van der Waals surface area contributed by atoms with Crippen molar-refractivity contribution in [2.45, 2.75) is 26.4 Å². The van der Waals surface area contributed by atoms with Gasteiger partial charge in [-0.05, 0) is 60.5 Å². The van der Waals surface area contributed by atoms with Crippen LogP contribution in [0.15, 0.2) is 76.3 Å². The molecule has 0 aliphatic rings. The van der Waals surface area contributed by atoms with Crippen LogP contribution in [0.5, 0.6) is 5.75 Å². The third-order valence-electron chi connectivity index (χ3n) is 4.66. The molecule has 0 fully saturated rings. The molecular weight excluding hydrogens is 506 g/mol. The molecule has 0 radical (unpaired) electrons. The van der Waals surface area contributed by atoms with Crippen LogP contribution in [0.3, 0.4) is 0 Å². The van der Waals surface area contributed by atoms with E-state index in [0.29, 0.717) is 23.1 Å². The number of para-hydroxylation sites is 1. The molecule has 33 heavy (non-hydrogen) atoms. The summed E-state index contributed by atoms with van der Waals surface area (Å²) in [6.45, 7) is 2.26. The van der Waals surface area contributed by atoms with Crippen LogP contribution < -0.4 is 15.5 Å². The highest BCUT2D eigenvalue weighted by molar-refractivity contribution is 9.10. The van der Waals surface area contributed by atoms with Crippen molar-refractivity contribution < 1.29 is 14.3 Å². The minimum Gasteiger partial charge on any atom is -0.488 e. The van der Waals surface area contributed by atoms with Crippen LogP contribution >= 0.6 is 27.5 Å². The maximum absolute atomic E-state index is 12.1. The zero-order valence-corrected chi connectivity index (χ0v) is 20.3. The van der Waals surface area contributed by atoms with Crippen molar-refractivity contribution in [3.8, 4) is 5.75 Å². The normalized spacial score (nSPS) is 10.8. The average Bonchev–Trinajstić information content (AvgIpc) is 2.80. The summed E-state index contributed by atoms with van der Waals surface area (Å²) < 4.78 is 6.90. The van der Waals surface area contributed by atoms with E-state index in [1.165, 1.54) is 6.21 Å². The lowest BCUT2D eigenvalue weighted by Crippen LogP contribution is -2.21. The number of amides is 2. The van der Waals surface area contributed by atoms with Gasteiger partial charge in [0.05, 0.1) is 6.21 Å². The predicted octanol–water partition coefficient (Wildman–Crippen LogP) is 5.86. The number of hydrogen-bond donors (Lipinski definition) is 2. The number of hydrazone groups is 1. The third-order valence-corrected chi connectivity index (χ3v) is 5.42. The van der Waals surface area contributed by atoms with Crippen LogP contribution in [0.4, 0.5) is 5.69 Å². The Balaban J connectivity index is 1.47. The first kappa shape index (κ1) is 24.5. The van der Waals surface area contributed by atoms with Crippen molar-refractivity contribution in [2.75, 3.05) is 5.32 Å². The van der Waals surface area contributed by atoms with E-state index in [1.54, 1.807) is 18.2 Å². The monoisotopic (exact) mass is 527 g/mol. The molecule has 3 rings (SSSR count). The second-order valence-electron chi connectivity index (χ2n) is 7.25. The first-order valence-corrected chi connectivity index (χ1v) is 11.4. The standard InChI is InChI=1S/C25H23BrClN3O3/c1-17-14-21(27)10-11-22(17)29-24(31)12-13-25(32)30-28-15-19-4-2-3-5-23(19)33-16-18-6-8-20(26)9-7-18/h2-11,14-15H,12-13,16H2,1H3,(H,29,31)(H,30,32). The highest BCUT2D eigenvalue weighted by Gasteiger charge is 2.09. The Kier molecular flexibility index (Phi) is 9.04. The minimum atomic E-state index is -0.359. The number of carbonyl (C=O) groups excluding carboxylic acids is 2. The Hall–Kier alpha value is -3.16. The molecular formula is C25H23BrClN3O3. The summed E-state index contributed by atoms with van der Waals surface area (Å²) in [6, 6.07) is 20.5. The third kappa shape index (κ3) is 8.04. The minimum absolute atomic E-state index is 0.0114. The van der Waals surface area contributed by atoms with Crippen LogP contribution in [0.1, 0.15) is 29.5 Å². The fourth-order valence-electron chi connectivity index (χ4n) is 2.90. The molecule has 0 bridgehead atoms. The number of nitrogens with zero attached hydrogens (tertiary/aromatic N) is 1. The Morgan fingerprint density at radius 3 is 2.52 bits per heavy atom. The molecule has 6 nitrogen and oxygen atoms in total. The summed E-state index contributed by atoms with van der Waals surface area (Å²) >= 11 is 9.33. The number of benzene rings is 3. The largest absolute Gasteiger partial charge is 0.488 e. The van der Waals surface area contributed by atoms with Crippen LogP contribution in [0.2, 0.25) is 5.02 Å². The maximum atomic E-state index is 12.1. The lowest BCUT2D eigenvalue weighted by molar-refractivity contribution is -0.124. The quantitative estimate of drug-likeness (QED) is 0.270. The topological polar surface area (TPSA) is 79.8 Å². The van der Waals surface area contributed by atoms with E-state index in [2.05, 4.69) is 31.8 Å². The number of aryl methyl sites for hydroxylation is 1. The van der Waals surface area contributed by atoms with Crippen molar-refractivity contribution in [1.82, 2.24) is 5.43 Å². The van der Waals surface area contributed by atoms with Gasteiger partial charge in [-0.1, -0.05) is 51.8 Å². The number of rotatable bonds is 9. The molecule has 2 amide bonds. The molecule has 0 aliphatic carbocycles. The Labute approximate surface area is 206 Å². The van der Waals surface area contributed by atoms with Gasteiger partial charge in [0.15, 0.2) is 0 Å². The maximum Gasteiger partial charge on any atom is 0.240 e. The van der Waals surface area contributed by atoms with Crippen LogP contribution in [-0.4, -0.2) is 18.0 Å². The summed E-state index contributed by atoms with van der Waals surface area (Å²) in [5, 5.41) is 7.38. The van der Waals surface area contributed by atoms with Gasteiger partial charge in [0.25, 0.3) is 0 Å². The molecule has 0 heterocycles. The van der Waals surface area contributed by atoms with Gasteiger partial charge in [-0.3, -0.25) is 9.59 Å². The Morgan fingerprint density at radius 1 is 1.03 bits per heavy atom. The molecule has 8 heteroatoms. The lowest BCUT2D eigenvalue weighted by atomic mass is 10.2. The lowest BCUT2D eigenvalue weighted by Gasteiger charge is -2.09. The van der Waals surface area contributed by atoms with Crippen molar-refractivity contribution in [1.29, 1.82) is 0 Å². The SMILES string of the molecule is Cc1cc(Cl)ccc1NC(=O)CCC(=O)NN=Cc1ccccc1OCc1ccc(Br)cc1. The van der Waals surface area contributed by atoms with Gasteiger partial charge < -0.3 is 10.1 Å². The zero-order chi connectivity index (χ0) is 23.6. The van der Waals surface area contributed by atoms with Gasteiger partial charge >= 0.3 is 0 Å². The van der Waals surface area contributed by atoms with Gasteiger partial charge in [0.1, 0.15) is 12.4 Å². The average molecular weight is 529 g/mol. The van der Waals surface area contributed by atoms with Gasteiger partial charge in [-0.2, -0.15) is 5.10 Å². The predicted molar refractivity (Wildman–Crippen MR) is 135 cm³/mol. The number of halogens is 2. The van der Waals surface area contributed by atoms with Crippen molar-refractivity contribution >= 4 is 51.2 Å². The van der Waals surface area contributed by atoms with Gasteiger partial charge in [0, 0.05) is 33.6 Å². The summed E-state index contributed by atoms with van der Waals surface area (Å²) in [6.07, 6.45) is 1.57. The van der Waals surface area contributed by atoms with E-state index in [0.717, 1.165) is 21.2 Å². The molecule has 0 atom stereocenters. The number of hydrogen-bond acceptors (Lipinski definition) is 4. The van der Waals surface area contributed by atoms with E-state index < -0.39 is 0 Å². The molecule has 0 saturated heterocycles. The molecule has 3 aromatic rings. The van der Waals surface area contributed by atoms with E-state index in [1.807, 2.05) is 55.5 Å². The summed E-state index contributed by atoms with van der Waals surface area (Å²) in [5.74, 6) is 0.0323. The Morgan fingerprint density at radius 2 is 1.76 bits per heavy atom. The van der Waals surface area contributed by atoms with Crippen LogP contribution in [0, 0.1) is 6.92 Å². The summed E-state index contributed by atoms with van der Waals surface area (Å²) in [7, 11) is 0. The number of carbonyl (C=O) groups is 2. The molecule has 0 spiro atoms. The molecule has 2 N–H and O–H groups in total. The fourth-order valence-corrected chi connectivity index (χ4v) is 3.39. The molecule has 170 valence electrons. The summed E-state index contributed by atoms with van der Waals surface area (Å²) in [5.41, 5.74) is 5.73. The zero-order valence-electron chi connectivity index (χ0n) is 18.0. The molecule has 0 aromatic heterocycles. The molecule has 3 aromatic carbocycles. The second kappa shape index (κ2) is 12.2. The van der Waals surface area contributed by atoms with Crippen molar-refractivity contribution in [3.05, 3.63) is 92.9 Å². The summed E-state index contributed by atoms with van der Waals surface area (Å²) in [4.78, 5) is 24.2. The van der Waals surface area contributed by atoms with E-state index >= 15 is 0 Å². The second-order valence-corrected chi connectivity index (χ2v) is 8.61. The molecule has 0 saturated carbocycles. The first-order valence-electron chi connectivity index (χ1n) is 10.2. The van der Waals surface area contributed by atoms with Gasteiger partial charge in [-0.15, -0.1) is 0 Å². The van der Waals surface area contributed by atoms with Crippen LogP contribution in [-0.2, 0) is 16.2 Å². The Bertz CT molecular complexity index is 1150. The highest BCUT2D eigenvalue weighted by Crippen LogP contribution is 2.20.